The van der Waals surface area contributed by atoms with E-state index in [0.717, 1.165) is 0 Å². The van der Waals surface area contributed by atoms with Crippen molar-refractivity contribution in [3.05, 3.63) is 45.3 Å². The van der Waals surface area contributed by atoms with Crippen LogP contribution in [0.25, 0.3) is 10.4 Å². The van der Waals surface area contributed by atoms with E-state index >= 15 is 0 Å². The lowest BCUT2D eigenvalue weighted by atomic mass is 10.0. The minimum Gasteiger partial charge on any atom is -0.461 e. The molecule has 0 aliphatic rings. The number of hydrogen-bond donors (Lipinski definition) is 1. The number of carbonyl (C=O) groups excluding carboxylic acids is 2. The number of nitrogens with zero attached hydrogens (tertiary/aromatic N) is 3. The first-order valence-corrected chi connectivity index (χ1v) is 5.60. The molecular formula is C12H13N3O4. The molecule has 0 atom stereocenters. The summed E-state index contributed by atoms with van der Waals surface area (Å²) in [6.45, 7) is 1.37. The Labute approximate surface area is 109 Å². The fourth-order valence-corrected chi connectivity index (χ4v) is 1.44. The number of hydrogen-bond acceptors (Lipinski definition) is 4. The summed E-state index contributed by atoms with van der Waals surface area (Å²) >= 11 is 0. The highest BCUT2D eigenvalue weighted by Gasteiger charge is 2.10. The Balaban J connectivity index is 2.92. The first-order valence-electron chi connectivity index (χ1n) is 5.60. The zero-order chi connectivity index (χ0) is 14.3. The van der Waals surface area contributed by atoms with Gasteiger partial charge in [-0.05, 0) is 27.8 Å². The van der Waals surface area contributed by atoms with Crippen LogP contribution in [-0.4, -0.2) is 17.0 Å². The number of benzene rings is 1. The summed E-state index contributed by atoms with van der Waals surface area (Å²) < 4.78 is 4.94. The number of esters is 1. The molecule has 0 aromatic heterocycles. The van der Waals surface area contributed by atoms with E-state index < -0.39 is 5.91 Å². The second-order valence-corrected chi connectivity index (χ2v) is 3.66. The van der Waals surface area contributed by atoms with Crippen LogP contribution in [0.1, 0.15) is 34.8 Å². The second kappa shape index (κ2) is 7.15. The highest BCUT2D eigenvalue weighted by atomic mass is 16.5. The third kappa shape index (κ3) is 4.09. The van der Waals surface area contributed by atoms with Gasteiger partial charge in [-0.3, -0.25) is 9.59 Å². The molecule has 0 bridgehead atoms. The fourth-order valence-electron chi connectivity index (χ4n) is 1.44. The van der Waals surface area contributed by atoms with Crippen LogP contribution in [0.15, 0.2) is 23.3 Å². The predicted octanol–water partition coefficient (Wildman–Crippen LogP) is 2.08. The van der Waals surface area contributed by atoms with Crippen molar-refractivity contribution < 1.29 is 19.4 Å². The summed E-state index contributed by atoms with van der Waals surface area (Å²) in [5.74, 6) is -1.09. The zero-order valence-corrected chi connectivity index (χ0v) is 10.4. The van der Waals surface area contributed by atoms with Crippen LogP contribution in [0, 0.1) is 0 Å². The van der Waals surface area contributed by atoms with Crippen molar-refractivity contribution in [2.75, 3.05) is 0 Å². The number of carbonyl (C=O) groups is 2. The maximum absolute atomic E-state index is 11.4. The van der Waals surface area contributed by atoms with Crippen LogP contribution in [0.2, 0.25) is 0 Å². The third-order valence-electron chi connectivity index (χ3n) is 2.39. The van der Waals surface area contributed by atoms with E-state index in [2.05, 4.69) is 10.0 Å². The van der Waals surface area contributed by atoms with Gasteiger partial charge in [-0.1, -0.05) is 19.1 Å². The van der Waals surface area contributed by atoms with Crippen LogP contribution < -0.4 is 0 Å². The molecule has 0 heterocycles. The van der Waals surface area contributed by atoms with Gasteiger partial charge in [0.05, 0.1) is 6.61 Å². The van der Waals surface area contributed by atoms with E-state index in [1.54, 1.807) is 13.0 Å². The van der Waals surface area contributed by atoms with Gasteiger partial charge < -0.3 is 9.84 Å². The molecule has 0 radical (unpaired) electrons. The van der Waals surface area contributed by atoms with Crippen LogP contribution in [0.4, 0.5) is 0 Å². The Morgan fingerprint density at radius 1 is 1.47 bits per heavy atom. The molecule has 1 aromatic rings. The van der Waals surface area contributed by atoms with Gasteiger partial charge in [0.25, 0.3) is 0 Å². The third-order valence-corrected chi connectivity index (χ3v) is 2.39. The average molecular weight is 263 g/mol. The summed E-state index contributed by atoms with van der Waals surface area (Å²) in [6, 6.07) is 4.53. The predicted molar refractivity (Wildman–Crippen MR) is 65.9 cm³/mol. The Morgan fingerprint density at radius 3 is 2.79 bits per heavy atom. The molecule has 100 valence electrons. The van der Waals surface area contributed by atoms with Gasteiger partial charge in [-0.2, -0.15) is 0 Å². The quantitative estimate of drug-likeness (QED) is 0.379. The van der Waals surface area contributed by atoms with Gasteiger partial charge in [0.2, 0.25) is 5.91 Å². The number of ether oxygens (including phenoxy) is 1. The molecule has 0 aliphatic carbocycles. The largest absolute Gasteiger partial charge is 0.461 e. The molecule has 0 saturated carbocycles. The van der Waals surface area contributed by atoms with Crippen LogP contribution in [0.3, 0.4) is 0 Å². The minimum absolute atomic E-state index is 0.0651. The molecular weight excluding hydrogens is 250 g/mol. The van der Waals surface area contributed by atoms with Gasteiger partial charge in [-0.15, -0.1) is 0 Å². The average Bonchev–Trinajstić information content (AvgIpc) is 2.44. The molecule has 0 aliphatic heterocycles. The van der Waals surface area contributed by atoms with Crippen molar-refractivity contribution in [2.45, 2.75) is 26.6 Å². The molecule has 1 aromatic carbocycles. The van der Waals surface area contributed by atoms with E-state index in [-0.39, 0.29) is 31.2 Å². The molecule has 0 saturated heterocycles. The van der Waals surface area contributed by atoms with Gasteiger partial charge >= 0.3 is 5.97 Å². The first kappa shape index (κ1) is 14.7. The van der Waals surface area contributed by atoms with Crippen LogP contribution >= 0.6 is 0 Å². The topological polar surface area (TPSA) is 112 Å². The molecule has 1 N–H and O–H groups in total. The Kier molecular flexibility index (Phi) is 5.53. The SMILES string of the molecule is CCC(=O)OCc1ccc(C(=O)N=[N+]=[N-])c(CO)c1. The van der Waals surface area contributed by atoms with Gasteiger partial charge in [0, 0.05) is 16.9 Å². The summed E-state index contributed by atoms with van der Waals surface area (Å²) in [4.78, 5) is 24.9. The van der Waals surface area contributed by atoms with Crippen LogP contribution in [-0.2, 0) is 22.7 Å². The normalized spacial score (nSPS) is 9.58. The highest BCUT2D eigenvalue weighted by molar-refractivity contribution is 5.96. The van der Waals surface area contributed by atoms with Gasteiger partial charge in [0.1, 0.15) is 6.61 Å². The zero-order valence-electron chi connectivity index (χ0n) is 10.4. The molecule has 0 spiro atoms. The lowest BCUT2D eigenvalue weighted by molar-refractivity contribution is -0.144. The van der Waals surface area contributed by atoms with Crippen molar-refractivity contribution in [1.82, 2.24) is 0 Å². The first-order chi connectivity index (χ1) is 9.12. The number of rotatable bonds is 5. The number of azide groups is 1. The summed E-state index contributed by atoms with van der Waals surface area (Å²) in [7, 11) is 0. The standard InChI is InChI=1S/C12H13N3O4/c1-2-11(17)19-7-8-3-4-10(9(5-8)6-16)12(18)14-15-13/h3-5,16H,2,6-7H2,1H3. The summed E-state index contributed by atoms with van der Waals surface area (Å²) in [6.07, 6.45) is 0.278. The maximum atomic E-state index is 11.4. The molecule has 1 rings (SSSR count). The molecule has 19 heavy (non-hydrogen) atoms. The fraction of sp³-hybridized carbons (Fsp3) is 0.333. The summed E-state index contributed by atoms with van der Waals surface area (Å²) in [5, 5.41) is 12.2. The lowest BCUT2D eigenvalue weighted by Gasteiger charge is -2.08. The van der Waals surface area contributed by atoms with E-state index in [0.29, 0.717) is 11.1 Å². The Bertz CT molecular complexity index is 536. The van der Waals surface area contributed by atoms with Gasteiger partial charge in [-0.25, -0.2) is 0 Å². The molecule has 0 fully saturated rings. The highest BCUT2D eigenvalue weighted by Crippen LogP contribution is 2.15. The number of aliphatic hydroxyl groups is 1. The van der Waals surface area contributed by atoms with Crippen molar-refractivity contribution in [3.63, 3.8) is 0 Å². The lowest BCUT2D eigenvalue weighted by Crippen LogP contribution is -2.05. The van der Waals surface area contributed by atoms with E-state index in [4.69, 9.17) is 10.3 Å². The minimum atomic E-state index is -0.761. The molecule has 1 amide bonds. The number of aliphatic hydroxyl groups excluding tert-OH is 1. The van der Waals surface area contributed by atoms with E-state index in [1.807, 2.05) is 0 Å². The Hall–Kier alpha value is -2.37. The second-order valence-electron chi connectivity index (χ2n) is 3.66. The number of amides is 1. The van der Waals surface area contributed by atoms with Crippen molar-refractivity contribution >= 4 is 11.9 Å². The van der Waals surface area contributed by atoms with Crippen molar-refractivity contribution in [1.29, 1.82) is 0 Å². The van der Waals surface area contributed by atoms with Crippen LogP contribution in [0.5, 0.6) is 0 Å². The van der Waals surface area contributed by atoms with E-state index in [1.165, 1.54) is 12.1 Å². The summed E-state index contributed by atoms with van der Waals surface area (Å²) in [5.41, 5.74) is 9.30. The Morgan fingerprint density at radius 2 is 2.21 bits per heavy atom. The van der Waals surface area contributed by atoms with Crippen molar-refractivity contribution in [2.24, 2.45) is 5.11 Å². The van der Waals surface area contributed by atoms with Gasteiger partial charge in [0.15, 0.2) is 0 Å². The van der Waals surface area contributed by atoms with Crippen molar-refractivity contribution in [3.8, 4) is 0 Å². The molecule has 7 nitrogen and oxygen atoms in total. The maximum Gasteiger partial charge on any atom is 0.305 e. The molecule has 0 unspecified atom stereocenters. The molecule has 7 heteroatoms. The monoisotopic (exact) mass is 263 g/mol. The van der Waals surface area contributed by atoms with E-state index in [9.17, 15) is 14.7 Å². The smallest absolute Gasteiger partial charge is 0.305 e.